The molecule has 0 fully saturated rings. The lowest BCUT2D eigenvalue weighted by atomic mass is 9.99. The van der Waals surface area contributed by atoms with E-state index in [-0.39, 0.29) is 5.78 Å². The summed E-state index contributed by atoms with van der Waals surface area (Å²) < 4.78 is 0. The highest BCUT2D eigenvalue weighted by Gasteiger charge is 2.07. The van der Waals surface area contributed by atoms with Crippen molar-refractivity contribution in [2.24, 2.45) is 0 Å². The first-order chi connectivity index (χ1) is 8.66. The van der Waals surface area contributed by atoms with E-state index in [1.54, 1.807) is 6.07 Å². The number of hydrogen-bond acceptors (Lipinski definition) is 3. The highest BCUT2D eigenvalue weighted by molar-refractivity contribution is 5.97. The summed E-state index contributed by atoms with van der Waals surface area (Å²) in [5.41, 5.74) is 2.93. The van der Waals surface area contributed by atoms with Crippen LogP contribution in [0.25, 0.3) is 0 Å². The fourth-order valence-corrected chi connectivity index (χ4v) is 1.76. The molecule has 0 spiro atoms. The molecule has 1 aromatic carbocycles. The van der Waals surface area contributed by atoms with Crippen molar-refractivity contribution in [3.8, 4) is 0 Å². The van der Waals surface area contributed by atoms with E-state index in [1.807, 2.05) is 12.1 Å². The second-order valence-corrected chi connectivity index (χ2v) is 4.63. The third kappa shape index (κ3) is 3.00. The van der Waals surface area contributed by atoms with Gasteiger partial charge in [0.15, 0.2) is 5.78 Å². The van der Waals surface area contributed by atoms with Crippen molar-refractivity contribution < 1.29 is 4.79 Å². The largest absolute Gasteiger partial charge is 0.294 e. The van der Waals surface area contributed by atoms with Crippen LogP contribution in [0.5, 0.6) is 0 Å². The lowest BCUT2D eigenvalue weighted by molar-refractivity contribution is 0.0992. The second kappa shape index (κ2) is 5.54. The van der Waals surface area contributed by atoms with Crippen LogP contribution in [0.2, 0.25) is 0 Å². The van der Waals surface area contributed by atoms with Crippen molar-refractivity contribution >= 4 is 5.78 Å². The van der Waals surface area contributed by atoms with Gasteiger partial charge in [-0.1, -0.05) is 38.1 Å². The molecule has 3 nitrogen and oxygen atoms in total. The van der Waals surface area contributed by atoms with E-state index in [1.165, 1.54) is 18.0 Å². The van der Waals surface area contributed by atoms with Gasteiger partial charge in [-0.3, -0.25) is 4.79 Å². The Kier molecular flexibility index (Phi) is 3.82. The molecule has 0 amide bonds. The summed E-state index contributed by atoms with van der Waals surface area (Å²) in [5, 5.41) is 7.38. The minimum Gasteiger partial charge on any atom is -0.294 e. The molecule has 0 aliphatic heterocycles. The third-order valence-electron chi connectivity index (χ3n) is 2.92. The van der Waals surface area contributed by atoms with Crippen molar-refractivity contribution in [3.63, 3.8) is 0 Å². The molecule has 1 aromatic heterocycles. The van der Waals surface area contributed by atoms with Crippen molar-refractivity contribution in [1.82, 2.24) is 10.2 Å². The summed E-state index contributed by atoms with van der Waals surface area (Å²) in [6.07, 6.45) is 3.45. The topological polar surface area (TPSA) is 42.9 Å². The first-order valence-corrected chi connectivity index (χ1v) is 6.05. The molecule has 1 heterocycles. The number of benzene rings is 1. The van der Waals surface area contributed by atoms with Gasteiger partial charge < -0.3 is 0 Å². The molecular formula is C15H16N2O. The smallest absolute Gasteiger partial charge is 0.168 e. The Morgan fingerprint density at radius 1 is 1.11 bits per heavy atom. The van der Waals surface area contributed by atoms with Gasteiger partial charge in [-0.25, -0.2) is 0 Å². The summed E-state index contributed by atoms with van der Waals surface area (Å²) in [7, 11) is 0. The Bertz CT molecular complexity index is 518. The number of rotatable bonds is 4. The van der Waals surface area contributed by atoms with Crippen LogP contribution in [0.4, 0.5) is 0 Å². The van der Waals surface area contributed by atoms with E-state index in [4.69, 9.17) is 0 Å². The van der Waals surface area contributed by atoms with E-state index in [0.717, 1.165) is 5.56 Å². The average Bonchev–Trinajstić information content (AvgIpc) is 2.40. The van der Waals surface area contributed by atoms with Crippen molar-refractivity contribution in [2.45, 2.75) is 26.2 Å². The minimum absolute atomic E-state index is 0.0715. The summed E-state index contributed by atoms with van der Waals surface area (Å²) in [4.78, 5) is 12.0. The minimum atomic E-state index is 0.0715. The number of hydrogen-bond donors (Lipinski definition) is 0. The summed E-state index contributed by atoms with van der Waals surface area (Å²) >= 11 is 0. The number of ketones is 1. The Balaban J connectivity index is 2.08. The summed E-state index contributed by atoms with van der Waals surface area (Å²) in [5.74, 6) is 0.585. The van der Waals surface area contributed by atoms with Crippen LogP contribution in [-0.4, -0.2) is 16.0 Å². The number of aromatic nitrogens is 2. The quantitative estimate of drug-likeness (QED) is 0.771. The molecule has 0 saturated carbocycles. The zero-order chi connectivity index (χ0) is 13.0. The van der Waals surface area contributed by atoms with Crippen LogP contribution in [0.3, 0.4) is 0 Å². The Morgan fingerprint density at radius 3 is 2.39 bits per heavy atom. The molecule has 0 N–H and O–H groups in total. The maximum absolute atomic E-state index is 12.0. The highest BCUT2D eigenvalue weighted by atomic mass is 16.1. The van der Waals surface area contributed by atoms with Crippen LogP contribution in [0, 0.1) is 0 Å². The molecule has 3 heteroatoms. The molecule has 0 bridgehead atoms. The number of nitrogens with zero attached hydrogens (tertiary/aromatic N) is 2. The lowest BCUT2D eigenvalue weighted by Crippen LogP contribution is -2.04. The van der Waals surface area contributed by atoms with Crippen LogP contribution < -0.4 is 0 Å². The van der Waals surface area contributed by atoms with Gasteiger partial charge >= 0.3 is 0 Å². The first-order valence-electron chi connectivity index (χ1n) is 6.05. The highest BCUT2D eigenvalue weighted by Crippen LogP contribution is 2.15. The Labute approximate surface area is 107 Å². The van der Waals surface area contributed by atoms with Gasteiger partial charge in [0.25, 0.3) is 0 Å². The van der Waals surface area contributed by atoms with Gasteiger partial charge in [0, 0.05) is 12.0 Å². The predicted molar refractivity (Wildman–Crippen MR) is 70.6 cm³/mol. The molecule has 0 atom stereocenters. The van der Waals surface area contributed by atoms with Gasteiger partial charge in [-0.15, -0.1) is 0 Å². The van der Waals surface area contributed by atoms with E-state index >= 15 is 0 Å². The molecule has 0 aliphatic carbocycles. The molecule has 0 aliphatic rings. The number of carbonyl (C=O) groups is 1. The maximum Gasteiger partial charge on any atom is 0.168 e. The van der Waals surface area contributed by atoms with Gasteiger partial charge in [0.2, 0.25) is 0 Å². The lowest BCUT2D eigenvalue weighted by Gasteiger charge is -2.06. The van der Waals surface area contributed by atoms with Crippen LogP contribution in [0.15, 0.2) is 42.7 Å². The molecular weight excluding hydrogens is 224 g/mol. The fourth-order valence-electron chi connectivity index (χ4n) is 1.76. The molecule has 92 valence electrons. The third-order valence-corrected chi connectivity index (χ3v) is 2.92. The van der Waals surface area contributed by atoms with Gasteiger partial charge in [0.05, 0.1) is 12.4 Å². The predicted octanol–water partition coefficient (Wildman–Crippen LogP) is 3.03. The van der Waals surface area contributed by atoms with E-state index in [0.29, 0.717) is 17.9 Å². The van der Waals surface area contributed by atoms with Crippen molar-refractivity contribution in [1.29, 1.82) is 0 Å². The molecule has 0 saturated heterocycles. The summed E-state index contributed by atoms with van der Waals surface area (Å²) in [6.45, 7) is 4.31. The first kappa shape index (κ1) is 12.4. The molecule has 2 rings (SSSR count). The van der Waals surface area contributed by atoms with E-state index < -0.39 is 0 Å². The monoisotopic (exact) mass is 240 g/mol. The van der Waals surface area contributed by atoms with Gasteiger partial charge in [-0.05, 0) is 23.1 Å². The Hall–Kier alpha value is -2.03. The van der Waals surface area contributed by atoms with E-state index in [9.17, 15) is 4.79 Å². The second-order valence-electron chi connectivity index (χ2n) is 4.63. The van der Waals surface area contributed by atoms with Crippen LogP contribution in [-0.2, 0) is 6.42 Å². The molecule has 2 aromatic rings. The number of Topliss-reactive ketones (excluding diaryl/α,β-unsaturated/α-hetero) is 1. The van der Waals surface area contributed by atoms with Crippen molar-refractivity contribution in [3.05, 3.63) is 59.4 Å². The molecule has 0 radical (unpaired) electrons. The van der Waals surface area contributed by atoms with E-state index in [2.05, 4.69) is 36.2 Å². The zero-order valence-corrected chi connectivity index (χ0v) is 10.6. The standard InChI is InChI=1S/C15H16N2O/c1-11(2)13-5-3-12(4-6-13)9-15(18)14-7-8-16-17-10-14/h3-8,10-11H,9H2,1-2H3. The summed E-state index contributed by atoms with van der Waals surface area (Å²) in [6, 6.07) is 9.89. The molecule has 0 unspecified atom stereocenters. The van der Waals surface area contributed by atoms with Crippen molar-refractivity contribution in [2.75, 3.05) is 0 Å². The van der Waals surface area contributed by atoms with Crippen LogP contribution in [0.1, 0.15) is 41.3 Å². The fraction of sp³-hybridized carbons (Fsp3) is 0.267. The normalized spacial score (nSPS) is 10.6. The number of carbonyl (C=O) groups excluding carboxylic acids is 1. The van der Waals surface area contributed by atoms with Crippen LogP contribution >= 0.6 is 0 Å². The Morgan fingerprint density at radius 2 is 1.83 bits per heavy atom. The van der Waals surface area contributed by atoms with Gasteiger partial charge in [0.1, 0.15) is 0 Å². The SMILES string of the molecule is CC(C)c1ccc(CC(=O)c2ccnnc2)cc1. The zero-order valence-electron chi connectivity index (χ0n) is 10.6. The average molecular weight is 240 g/mol. The maximum atomic E-state index is 12.0. The molecule has 18 heavy (non-hydrogen) atoms. The van der Waals surface area contributed by atoms with Gasteiger partial charge in [-0.2, -0.15) is 10.2 Å².